The lowest BCUT2D eigenvalue weighted by atomic mass is 9.89. The van der Waals surface area contributed by atoms with Gasteiger partial charge in [-0.15, -0.1) is 10.2 Å². The summed E-state index contributed by atoms with van der Waals surface area (Å²) in [4.78, 5) is 0. The van der Waals surface area contributed by atoms with Crippen molar-refractivity contribution in [2.45, 2.75) is 48.9 Å². The van der Waals surface area contributed by atoms with Crippen molar-refractivity contribution in [1.82, 2.24) is 14.9 Å². The predicted molar refractivity (Wildman–Crippen MR) is 109 cm³/mol. The number of ether oxygens (including phenoxy) is 1. The molecule has 0 amide bonds. The molecule has 0 bridgehead atoms. The second-order valence-electron chi connectivity index (χ2n) is 6.90. The molecule has 4 rings (SSSR count). The van der Waals surface area contributed by atoms with Gasteiger partial charge in [-0.05, 0) is 42.7 Å². The maximum Gasteiger partial charge on any atom is 0.210 e. The van der Waals surface area contributed by atoms with Gasteiger partial charge in [0.25, 0.3) is 0 Å². The largest absolute Gasteiger partial charge is 0.457 e. The van der Waals surface area contributed by atoms with Gasteiger partial charge >= 0.3 is 0 Å². The van der Waals surface area contributed by atoms with Crippen LogP contribution in [-0.4, -0.2) is 14.9 Å². The third-order valence-electron chi connectivity index (χ3n) is 4.91. The standard InChI is InChI=1S/C21H24N4OS/c22-25-20(17-9-3-1-4-10-17)23-24-21(25)27-15-16-8-7-13-19(14-16)26-18-11-5-2-6-12-18/h2,5-8,11-14,17H,1,3-4,9-10,15,22H2. The van der Waals surface area contributed by atoms with Crippen molar-refractivity contribution < 1.29 is 4.74 Å². The van der Waals surface area contributed by atoms with Crippen LogP contribution in [0.2, 0.25) is 0 Å². The first-order valence-electron chi connectivity index (χ1n) is 9.44. The Hall–Kier alpha value is -2.47. The Morgan fingerprint density at radius 2 is 1.74 bits per heavy atom. The van der Waals surface area contributed by atoms with Gasteiger partial charge in [-0.2, -0.15) is 0 Å². The number of nitrogens with two attached hydrogens (primary N) is 1. The molecule has 0 unspecified atom stereocenters. The third kappa shape index (κ3) is 4.45. The first-order valence-corrected chi connectivity index (χ1v) is 10.4. The number of thioether (sulfide) groups is 1. The van der Waals surface area contributed by atoms with Crippen LogP contribution in [0.4, 0.5) is 0 Å². The van der Waals surface area contributed by atoms with E-state index in [2.05, 4.69) is 22.3 Å². The summed E-state index contributed by atoms with van der Waals surface area (Å²) >= 11 is 1.61. The summed E-state index contributed by atoms with van der Waals surface area (Å²) in [6.07, 6.45) is 6.17. The van der Waals surface area contributed by atoms with Crippen LogP contribution in [0.25, 0.3) is 0 Å². The monoisotopic (exact) mass is 380 g/mol. The first kappa shape index (κ1) is 17.9. The van der Waals surface area contributed by atoms with E-state index in [9.17, 15) is 0 Å². The lowest BCUT2D eigenvalue weighted by molar-refractivity contribution is 0.421. The van der Waals surface area contributed by atoms with Crippen molar-refractivity contribution >= 4 is 11.8 Å². The molecule has 0 atom stereocenters. The maximum atomic E-state index is 6.28. The normalized spacial score (nSPS) is 15.0. The highest BCUT2D eigenvalue weighted by molar-refractivity contribution is 7.98. The van der Waals surface area contributed by atoms with E-state index in [0.29, 0.717) is 5.92 Å². The van der Waals surface area contributed by atoms with Gasteiger partial charge < -0.3 is 10.6 Å². The molecule has 1 heterocycles. The second-order valence-corrected chi connectivity index (χ2v) is 7.84. The lowest BCUT2D eigenvalue weighted by Gasteiger charge is -2.20. The third-order valence-corrected chi connectivity index (χ3v) is 5.92. The summed E-state index contributed by atoms with van der Waals surface area (Å²) in [5, 5.41) is 9.45. The molecule has 27 heavy (non-hydrogen) atoms. The number of para-hydroxylation sites is 1. The summed E-state index contributed by atoms with van der Waals surface area (Å²) in [5.41, 5.74) is 1.16. The molecule has 1 aliphatic rings. The van der Waals surface area contributed by atoms with Gasteiger partial charge in [0.15, 0.2) is 5.82 Å². The Bertz CT molecular complexity index is 875. The van der Waals surface area contributed by atoms with Gasteiger partial charge in [0, 0.05) is 11.7 Å². The second kappa shape index (κ2) is 8.48. The van der Waals surface area contributed by atoms with E-state index in [-0.39, 0.29) is 0 Å². The molecule has 6 heteroatoms. The number of aromatic nitrogens is 3. The zero-order chi connectivity index (χ0) is 18.5. The summed E-state index contributed by atoms with van der Waals surface area (Å²) < 4.78 is 7.60. The van der Waals surface area contributed by atoms with Crippen LogP contribution >= 0.6 is 11.8 Å². The first-order chi connectivity index (χ1) is 13.3. The highest BCUT2D eigenvalue weighted by atomic mass is 32.2. The van der Waals surface area contributed by atoms with Crippen molar-refractivity contribution in [1.29, 1.82) is 0 Å². The lowest BCUT2D eigenvalue weighted by Crippen LogP contribution is -2.18. The van der Waals surface area contributed by atoms with Crippen LogP contribution in [0.1, 0.15) is 49.4 Å². The number of hydrogen-bond donors (Lipinski definition) is 1. The Morgan fingerprint density at radius 1 is 0.963 bits per heavy atom. The zero-order valence-corrected chi connectivity index (χ0v) is 16.1. The van der Waals surface area contributed by atoms with Crippen molar-refractivity contribution in [3.8, 4) is 11.5 Å². The quantitative estimate of drug-likeness (QED) is 0.475. The van der Waals surface area contributed by atoms with Crippen LogP contribution in [0, 0.1) is 0 Å². The minimum Gasteiger partial charge on any atom is -0.457 e. The van der Waals surface area contributed by atoms with E-state index in [1.165, 1.54) is 32.1 Å². The van der Waals surface area contributed by atoms with Crippen molar-refractivity contribution in [3.63, 3.8) is 0 Å². The molecule has 0 saturated heterocycles. The molecule has 140 valence electrons. The smallest absolute Gasteiger partial charge is 0.210 e. The fourth-order valence-corrected chi connectivity index (χ4v) is 4.30. The molecule has 1 saturated carbocycles. The molecule has 5 nitrogen and oxygen atoms in total. The summed E-state index contributed by atoms with van der Waals surface area (Å²) in [6.45, 7) is 0. The van der Waals surface area contributed by atoms with Crippen LogP contribution in [0.5, 0.6) is 11.5 Å². The van der Waals surface area contributed by atoms with Gasteiger partial charge in [0.05, 0.1) is 0 Å². The highest BCUT2D eigenvalue weighted by Gasteiger charge is 2.22. The van der Waals surface area contributed by atoms with E-state index in [1.807, 2.05) is 42.5 Å². The number of hydrogen-bond acceptors (Lipinski definition) is 5. The molecule has 0 spiro atoms. The molecule has 2 N–H and O–H groups in total. The van der Waals surface area contributed by atoms with Crippen LogP contribution in [0.15, 0.2) is 59.8 Å². The topological polar surface area (TPSA) is 66.0 Å². The molecule has 0 radical (unpaired) electrons. The van der Waals surface area contributed by atoms with Crippen molar-refractivity contribution in [2.24, 2.45) is 0 Å². The molecule has 0 aliphatic heterocycles. The molecular weight excluding hydrogens is 356 g/mol. The molecular formula is C21H24N4OS. The molecule has 1 aromatic heterocycles. The summed E-state index contributed by atoms with van der Waals surface area (Å²) in [5.74, 6) is 10.1. The maximum absolute atomic E-state index is 6.28. The average molecular weight is 381 g/mol. The Kier molecular flexibility index (Phi) is 5.63. The fourth-order valence-electron chi connectivity index (χ4n) is 3.50. The Balaban J connectivity index is 1.40. The van der Waals surface area contributed by atoms with Gasteiger partial charge in [-0.25, -0.2) is 4.68 Å². The Labute approximate surface area is 163 Å². The van der Waals surface area contributed by atoms with Crippen LogP contribution in [0.3, 0.4) is 0 Å². The number of benzene rings is 2. The van der Waals surface area contributed by atoms with E-state index in [1.54, 1.807) is 16.4 Å². The molecule has 2 aromatic carbocycles. The van der Waals surface area contributed by atoms with Crippen molar-refractivity contribution in [3.05, 3.63) is 66.0 Å². The van der Waals surface area contributed by atoms with Gasteiger partial charge in [0.2, 0.25) is 5.16 Å². The van der Waals surface area contributed by atoms with Gasteiger partial charge in [-0.3, -0.25) is 0 Å². The van der Waals surface area contributed by atoms with Crippen LogP contribution < -0.4 is 10.6 Å². The van der Waals surface area contributed by atoms with Gasteiger partial charge in [-0.1, -0.05) is 61.4 Å². The molecule has 1 fully saturated rings. The summed E-state index contributed by atoms with van der Waals surface area (Å²) in [6, 6.07) is 17.9. The molecule has 1 aliphatic carbocycles. The molecule has 3 aromatic rings. The zero-order valence-electron chi connectivity index (χ0n) is 15.3. The van der Waals surface area contributed by atoms with Crippen molar-refractivity contribution in [2.75, 3.05) is 5.84 Å². The van der Waals surface area contributed by atoms with E-state index < -0.39 is 0 Å². The van der Waals surface area contributed by atoms with E-state index >= 15 is 0 Å². The highest BCUT2D eigenvalue weighted by Crippen LogP contribution is 2.33. The van der Waals surface area contributed by atoms with E-state index in [0.717, 1.165) is 33.8 Å². The fraction of sp³-hybridized carbons (Fsp3) is 0.333. The number of rotatable bonds is 6. The number of nitrogen functional groups attached to an aromatic ring is 1. The Morgan fingerprint density at radius 3 is 2.56 bits per heavy atom. The van der Waals surface area contributed by atoms with Crippen LogP contribution in [-0.2, 0) is 5.75 Å². The average Bonchev–Trinajstić information content (AvgIpc) is 3.09. The SMILES string of the molecule is Nn1c(SCc2cccc(Oc3ccccc3)c2)nnc1C1CCCCC1. The minimum atomic E-state index is 0.452. The predicted octanol–water partition coefficient (Wildman–Crippen LogP) is 5.12. The minimum absolute atomic E-state index is 0.452. The van der Waals surface area contributed by atoms with E-state index in [4.69, 9.17) is 10.6 Å². The van der Waals surface area contributed by atoms with Gasteiger partial charge in [0.1, 0.15) is 11.5 Å². The summed E-state index contributed by atoms with van der Waals surface area (Å²) in [7, 11) is 0. The number of nitrogens with zero attached hydrogens (tertiary/aromatic N) is 3.